The number of benzene rings is 2. The van der Waals surface area contributed by atoms with Crippen molar-refractivity contribution in [2.45, 2.75) is 47.0 Å². The van der Waals surface area contributed by atoms with E-state index in [-0.39, 0.29) is 5.78 Å². The lowest BCUT2D eigenvalue weighted by Gasteiger charge is -2.12. The minimum absolute atomic E-state index is 0.150. The standard InChI is InChI=1S/C20H24O/c1-5-16-8-7-14(3)18(11-16)13-19-12-17(6-2)9-10-20(19)15(4)21/h7-12H,5-6,13H2,1-4H3. The maximum atomic E-state index is 11.9. The molecule has 0 aliphatic rings. The number of rotatable bonds is 5. The van der Waals surface area contributed by atoms with Gasteiger partial charge in [0.25, 0.3) is 0 Å². The Kier molecular flexibility index (Phi) is 4.95. The van der Waals surface area contributed by atoms with Crippen LogP contribution in [0.15, 0.2) is 36.4 Å². The van der Waals surface area contributed by atoms with Gasteiger partial charge >= 0.3 is 0 Å². The third-order valence-electron chi connectivity index (χ3n) is 4.16. The van der Waals surface area contributed by atoms with E-state index in [0.717, 1.165) is 30.4 Å². The first-order valence-corrected chi connectivity index (χ1v) is 7.76. The lowest BCUT2D eigenvalue weighted by molar-refractivity contribution is 0.101. The average Bonchev–Trinajstić information content (AvgIpc) is 2.49. The van der Waals surface area contributed by atoms with Gasteiger partial charge in [-0.05, 0) is 60.9 Å². The third-order valence-corrected chi connectivity index (χ3v) is 4.16. The topological polar surface area (TPSA) is 17.1 Å². The number of Topliss-reactive ketones (excluding diaryl/α,β-unsaturated/α-hetero) is 1. The van der Waals surface area contributed by atoms with Gasteiger partial charge in [0.05, 0.1) is 0 Å². The van der Waals surface area contributed by atoms with Crippen LogP contribution in [0.3, 0.4) is 0 Å². The van der Waals surface area contributed by atoms with Crippen LogP contribution in [0.1, 0.15) is 58.9 Å². The number of hydrogen-bond acceptors (Lipinski definition) is 1. The zero-order valence-corrected chi connectivity index (χ0v) is 13.5. The predicted octanol–water partition coefficient (Wildman–Crippen LogP) is 4.91. The van der Waals surface area contributed by atoms with Crippen LogP contribution in [0.5, 0.6) is 0 Å². The summed E-state index contributed by atoms with van der Waals surface area (Å²) in [5.41, 5.74) is 7.27. The van der Waals surface area contributed by atoms with Crippen LogP contribution in [0.2, 0.25) is 0 Å². The van der Waals surface area contributed by atoms with E-state index in [4.69, 9.17) is 0 Å². The summed E-state index contributed by atoms with van der Waals surface area (Å²) in [6.07, 6.45) is 2.88. The number of carbonyl (C=O) groups excluding carboxylic acids is 1. The molecule has 0 atom stereocenters. The molecule has 0 unspecified atom stereocenters. The molecule has 2 aromatic carbocycles. The summed E-state index contributed by atoms with van der Waals surface area (Å²) in [6.45, 7) is 8.12. The molecule has 0 aromatic heterocycles. The van der Waals surface area contributed by atoms with Crippen LogP contribution in [0.4, 0.5) is 0 Å². The van der Waals surface area contributed by atoms with Crippen LogP contribution in [-0.2, 0) is 19.3 Å². The summed E-state index contributed by atoms with van der Waals surface area (Å²) in [7, 11) is 0. The van der Waals surface area contributed by atoms with Crippen molar-refractivity contribution in [2.75, 3.05) is 0 Å². The first-order valence-electron chi connectivity index (χ1n) is 7.76. The van der Waals surface area contributed by atoms with Crippen molar-refractivity contribution < 1.29 is 4.79 Å². The third kappa shape index (κ3) is 3.60. The van der Waals surface area contributed by atoms with Crippen molar-refractivity contribution in [3.63, 3.8) is 0 Å². The van der Waals surface area contributed by atoms with Gasteiger partial charge in [-0.15, -0.1) is 0 Å². The Hall–Kier alpha value is -1.89. The van der Waals surface area contributed by atoms with Crippen LogP contribution in [-0.4, -0.2) is 5.78 Å². The lowest BCUT2D eigenvalue weighted by atomic mass is 9.92. The fourth-order valence-electron chi connectivity index (χ4n) is 2.70. The van der Waals surface area contributed by atoms with E-state index in [1.165, 1.54) is 22.3 Å². The molecule has 2 rings (SSSR count). The summed E-state index contributed by atoms with van der Waals surface area (Å²) < 4.78 is 0. The predicted molar refractivity (Wildman–Crippen MR) is 89.2 cm³/mol. The van der Waals surface area contributed by atoms with Gasteiger partial charge < -0.3 is 0 Å². The smallest absolute Gasteiger partial charge is 0.160 e. The second-order valence-corrected chi connectivity index (χ2v) is 5.69. The van der Waals surface area contributed by atoms with E-state index in [1.807, 2.05) is 6.07 Å². The van der Waals surface area contributed by atoms with Gasteiger partial charge in [0.2, 0.25) is 0 Å². The SMILES string of the molecule is CCc1ccc(C)c(Cc2cc(CC)ccc2C(C)=O)c1. The fourth-order valence-corrected chi connectivity index (χ4v) is 2.70. The van der Waals surface area contributed by atoms with Gasteiger partial charge in [0, 0.05) is 5.56 Å². The highest BCUT2D eigenvalue weighted by Gasteiger charge is 2.10. The van der Waals surface area contributed by atoms with Crippen LogP contribution in [0.25, 0.3) is 0 Å². The highest BCUT2D eigenvalue weighted by molar-refractivity contribution is 5.95. The molecule has 21 heavy (non-hydrogen) atoms. The Bertz CT molecular complexity index is 653. The molecule has 0 fully saturated rings. The molecule has 0 aliphatic carbocycles. The fraction of sp³-hybridized carbons (Fsp3) is 0.350. The highest BCUT2D eigenvalue weighted by atomic mass is 16.1. The minimum atomic E-state index is 0.150. The molecule has 0 saturated carbocycles. The van der Waals surface area contributed by atoms with Crippen molar-refractivity contribution >= 4 is 5.78 Å². The molecule has 0 radical (unpaired) electrons. The number of ketones is 1. The van der Waals surface area contributed by atoms with E-state index >= 15 is 0 Å². The van der Waals surface area contributed by atoms with Gasteiger partial charge in [-0.1, -0.05) is 50.2 Å². The quantitative estimate of drug-likeness (QED) is 0.711. The molecular weight excluding hydrogens is 256 g/mol. The summed E-state index contributed by atoms with van der Waals surface area (Å²) >= 11 is 0. The van der Waals surface area contributed by atoms with E-state index in [0.29, 0.717) is 0 Å². The molecule has 0 heterocycles. The molecule has 0 aliphatic heterocycles. The highest BCUT2D eigenvalue weighted by Crippen LogP contribution is 2.21. The summed E-state index contributed by atoms with van der Waals surface area (Å²) in [5, 5.41) is 0. The van der Waals surface area contributed by atoms with Crippen LogP contribution in [0, 0.1) is 6.92 Å². The average molecular weight is 280 g/mol. The van der Waals surface area contributed by atoms with Gasteiger partial charge in [0.1, 0.15) is 0 Å². The van der Waals surface area contributed by atoms with Crippen molar-refractivity contribution in [2.24, 2.45) is 0 Å². The molecular formula is C20H24O. The number of hydrogen-bond donors (Lipinski definition) is 0. The van der Waals surface area contributed by atoms with Crippen molar-refractivity contribution in [1.29, 1.82) is 0 Å². The number of aryl methyl sites for hydroxylation is 3. The van der Waals surface area contributed by atoms with Crippen molar-refractivity contribution in [3.05, 3.63) is 69.8 Å². The molecule has 0 saturated heterocycles. The van der Waals surface area contributed by atoms with Crippen molar-refractivity contribution in [1.82, 2.24) is 0 Å². The molecule has 1 heteroatoms. The van der Waals surface area contributed by atoms with Crippen LogP contribution < -0.4 is 0 Å². The van der Waals surface area contributed by atoms with Gasteiger partial charge in [-0.3, -0.25) is 4.79 Å². The normalized spacial score (nSPS) is 10.7. The minimum Gasteiger partial charge on any atom is -0.295 e. The monoisotopic (exact) mass is 280 g/mol. The number of carbonyl (C=O) groups is 1. The second-order valence-electron chi connectivity index (χ2n) is 5.69. The molecule has 0 bridgehead atoms. The summed E-state index contributed by atoms with van der Waals surface area (Å²) in [6, 6.07) is 12.9. The molecule has 0 spiro atoms. The van der Waals surface area contributed by atoms with Crippen molar-refractivity contribution in [3.8, 4) is 0 Å². The van der Waals surface area contributed by atoms with E-state index in [1.54, 1.807) is 6.92 Å². The first kappa shape index (κ1) is 15.5. The Labute approximate surface area is 128 Å². The molecule has 2 aromatic rings. The molecule has 1 nitrogen and oxygen atoms in total. The molecule has 0 amide bonds. The summed E-state index contributed by atoms with van der Waals surface area (Å²) in [4.78, 5) is 11.9. The zero-order valence-electron chi connectivity index (χ0n) is 13.5. The Morgan fingerprint density at radius 3 is 2.05 bits per heavy atom. The van der Waals surface area contributed by atoms with E-state index in [9.17, 15) is 4.79 Å². The van der Waals surface area contributed by atoms with Gasteiger partial charge in [-0.2, -0.15) is 0 Å². The maximum Gasteiger partial charge on any atom is 0.160 e. The Morgan fingerprint density at radius 1 is 0.905 bits per heavy atom. The second kappa shape index (κ2) is 6.71. The van der Waals surface area contributed by atoms with Gasteiger partial charge in [0.15, 0.2) is 5.78 Å². The molecule has 0 N–H and O–H groups in total. The Morgan fingerprint density at radius 2 is 1.48 bits per heavy atom. The lowest BCUT2D eigenvalue weighted by Crippen LogP contribution is -2.03. The largest absolute Gasteiger partial charge is 0.295 e. The maximum absolute atomic E-state index is 11.9. The van der Waals surface area contributed by atoms with Crippen LogP contribution >= 0.6 is 0 Å². The summed E-state index contributed by atoms with van der Waals surface area (Å²) in [5.74, 6) is 0.150. The molecule has 110 valence electrons. The first-order chi connectivity index (χ1) is 10.0. The zero-order chi connectivity index (χ0) is 15.4. The van der Waals surface area contributed by atoms with Gasteiger partial charge in [-0.25, -0.2) is 0 Å². The van der Waals surface area contributed by atoms with E-state index < -0.39 is 0 Å². The Balaban J connectivity index is 2.44. The van der Waals surface area contributed by atoms with E-state index in [2.05, 4.69) is 51.1 Å².